The molecule has 74 heavy (non-hydrogen) atoms. The molecule has 0 aromatic heterocycles. The second-order valence-electron chi connectivity index (χ2n) is 20.3. The van der Waals surface area contributed by atoms with Gasteiger partial charge >= 0.3 is 18.0 Å². The SMILES string of the molecule is COc1cc2cc(c1Cl)N(C)C(=O)C[C@H](OC(=O)C(C)N(C)C(=O)CCSC1CC(=O)N(CC3CCC(C(=O)ON4C(=O)CCC4=O)CC3)C1=O)[C@]1(C)OC1[C@H](C)[C@@H]1C[C@@](O)(NC(=O)O1)[C@H](OC)/C=C/C=C(\C)C2. The lowest BCUT2D eigenvalue weighted by molar-refractivity contribution is -0.201. The Morgan fingerprint density at radius 3 is 2.36 bits per heavy atom. The van der Waals surface area contributed by atoms with E-state index >= 15 is 0 Å². The zero-order valence-corrected chi connectivity index (χ0v) is 44.5. The molecule has 1 saturated carbocycles. The Morgan fingerprint density at radius 1 is 1.01 bits per heavy atom. The number of hydroxylamine groups is 2. The topological polar surface area (TPSA) is 258 Å². The summed E-state index contributed by atoms with van der Waals surface area (Å²) in [5, 5.41) is 14.4. The summed E-state index contributed by atoms with van der Waals surface area (Å²) in [5.74, 6) is -4.93. The molecule has 5 heterocycles. The van der Waals surface area contributed by atoms with Gasteiger partial charge < -0.3 is 43.4 Å². The molecule has 5 fully saturated rings. The number of methoxy groups -OCH3 is 2. The van der Waals surface area contributed by atoms with E-state index in [1.54, 1.807) is 38.1 Å². The Morgan fingerprint density at radius 2 is 1.70 bits per heavy atom. The quantitative estimate of drug-likeness (QED) is 0.160. The van der Waals surface area contributed by atoms with Crippen LogP contribution < -0.4 is 15.0 Å². The van der Waals surface area contributed by atoms with Crippen LogP contribution in [0, 0.1) is 17.8 Å². The van der Waals surface area contributed by atoms with E-state index in [0.717, 1.165) is 11.1 Å². The number of amides is 7. The summed E-state index contributed by atoms with van der Waals surface area (Å²) >= 11 is 7.98. The van der Waals surface area contributed by atoms with Gasteiger partial charge in [-0.05, 0) is 76.5 Å². The lowest BCUT2D eigenvalue weighted by Crippen LogP contribution is -2.63. The molecule has 4 bridgehead atoms. The molecule has 5 aliphatic heterocycles. The van der Waals surface area contributed by atoms with Crippen molar-refractivity contribution in [3.8, 4) is 5.75 Å². The van der Waals surface area contributed by atoms with Gasteiger partial charge in [0.15, 0.2) is 5.72 Å². The summed E-state index contributed by atoms with van der Waals surface area (Å²) < 4.78 is 29.4. The number of likely N-dealkylation sites (N-methyl/N-ethyl adjacent to an activating group) is 1. The van der Waals surface area contributed by atoms with Gasteiger partial charge in [-0.1, -0.05) is 42.3 Å². The van der Waals surface area contributed by atoms with Gasteiger partial charge in [-0.3, -0.25) is 39.0 Å². The maximum Gasteiger partial charge on any atom is 0.409 e. The van der Waals surface area contributed by atoms with Crippen molar-refractivity contribution in [2.45, 2.75) is 145 Å². The summed E-state index contributed by atoms with van der Waals surface area (Å²) in [6.45, 7) is 6.99. The van der Waals surface area contributed by atoms with Crippen LogP contribution in [0.25, 0.3) is 0 Å². The van der Waals surface area contributed by atoms with Gasteiger partial charge in [0.25, 0.3) is 11.8 Å². The fourth-order valence-electron chi connectivity index (χ4n) is 10.3. The van der Waals surface area contributed by atoms with Crippen LogP contribution in [0.1, 0.15) is 97.5 Å². The Hall–Kier alpha value is -5.55. The number of aliphatic hydroxyl groups is 1. The van der Waals surface area contributed by atoms with E-state index in [1.807, 2.05) is 13.0 Å². The number of allylic oxidation sites excluding steroid dienone is 3. The Kier molecular flexibility index (Phi) is 17.6. The summed E-state index contributed by atoms with van der Waals surface area (Å²) in [6.07, 6.45) is 2.04. The average Bonchev–Trinajstić information content (AvgIpc) is 3.87. The number of thioether (sulfide) groups is 1. The molecule has 2 N–H and O–H groups in total. The first-order chi connectivity index (χ1) is 35.0. The number of carbonyl (C=O) groups excluding carboxylic acids is 9. The van der Waals surface area contributed by atoms with E-state index in [1.165, 1.54) is 61.7 Å². The van der Waals surface area contributed by atoms with Gasteiger partial charge in [0.05, 0.1) is 36.5 Å². The van der Waals surface area contributed by atoms with Crippen molar-refractivity contribution >= 4 is 82.5 Å². The van der Waals surface area contributed by atoms with Gasteiger partial charge in [0.1, 0.15) is 40.7 Å². The minimum Gasteiger partial charge on any atom is -0.495 e. The maximum absolute atomic E-state index is 14.4. The summed E-state index contributed by atoms with van der Waals surface area (Å²) in [6, 6.07) is 2.36. The van der Waals surface area contributed by atoms with Crippen LogP contribution in [0.4, 0.5) is 10.5 Å². The molecule has 7 amide bonds. The number of nitrogens with zero attached hydrogens (tertiary/aromatic N) is 4. The first-order valence-electron chi connectivity index (χ1n) is 24.9. The van der Waals surface area contributed by atoms with E-state index in [-0.39, 0.29) is 67.2 Å². The molecule has 4 saturated heterocycles. The number of esters is 1. The molecule has 9 atom stereocenters. The number of alkyl carbamates (subject to hydrolysis) is 1. The van der Waals surface area contributed by atoms with Crippen LogP contribution >= 0.6 is 23.4 Å². The van der Waals surface area contributed by atoms with Crippen molar-refractivity contribution in [2.24, 2.45) is 17.8 Å². The molecule has 1 aromatic carbocycles. The lowest BCUT2D eigenvalue weighted by Gasteiger charge is -2.42. The standard InChI is InChI=1S/C51H66ClN5O16S/c1-27-10-9-11-37(69-8)51(67)25-35(70-49(66)53-51)28(2)45-50(4,72-45)38(24-42(61)55(6)33-21-31(20-27)22-34(68-7)44(33)52)71-47(64)29(3)54(5)39(58)18-19-74-36-23-43(62)56(46(36)63)26-30-12-14-32(15-13-30)48(65)73-57-40(59)16-17-41(57)60/h9-11,21-22,28-30,32,35-38,45,67H,12-20,23-26H2,1-8H3,(H,53,66)/b11-9+,27-10+/t28-,29?,30?,32?,35+,36?,37-,38+,45?,50+,51+/m1/s1. The summed E-state index contributed by atoms with van der Waals surface area (Å²) in [5.41, 5.74) is -1.23. The Balaban J connectivity index is 0.986. The minimum atomic E-state index is -1.89. The number of imide groups is 2. The van der Waals surface area contributed by atoms with Crippen LogP contribution in [-0.4, -0.2) is 161 Å². The highest BCUT2D eigenvalue weighted by Crippen LogP contribution is 2.49. The molecule has 23 heteroatoms. The number of epoxide rings is 1. The molecule has 1 aromatic rings. The number of hydrogen-bond acceptors (Lipinski definition) is 17. The number of nitrogens with one attached hydrogen (secondary N) is 1. The second kappa shape index (κ2) is 23.1. The van der Waals surface area contributed by atoms with Gasteiger partial charge in [-0.25, -0.2) is 14.4 Å². The van der Waals surface area contributed by atoms with Crippen molar-refractivity contribution in [2.75, 3.05) is 45.5 Å². The van der Waals surface area contributed by atoms with Crippen molar-refractivity contribution < 1.29 is 76.8 Å². The van der Waals surface area contributed by atoms with Crippen molar-refractivity contribution in [3.05, 3.63) is 46.5 Å². The second-order valence-corrected chi connectivity index (χ2v) is 22.0. The van der Waals surface area contributed by atoms with E-state index < -0.39 is 107 Å². The molecule has 1 aliphatic carbocycles. The van der Waals surface area contributed by atoms with E-state index in [2.05, 4.69) is 5.32 Å². The van der Waals surface area contributed by atoms with Gasteiger partial charge in [0.2, 0.25) is 23.6 Å². The third-order valence-corrected chi connectivity index (χ3v) is 16.8. The largest absolute Gasteiger partial charge is 0.495 e. The maximum atomic E-state index is 14.4. The molecule has 0 radical (unpaired) electrons. The molecule has 404 valence electrons. The lowest BCUT2D eigenvalue weighted by atomic mass is 9.82. The number of carbonyl (C=O) groups is 9. The zero-order valence-electron chi connectivity index (χ0n) is 42.9. The smallest absolute Gasteiger partial charge is 0.409 e. The van der Waals surface area contributed by atoms with Gasteiger partial charge in [0, 0.05) is 71.5 Å². The number of likely N-dealkylation sites (tertiary alicyclic amines) is 1. The summed E-state index contributed by atoms with van der Waals surface area (Å²) in [4.78, 5) is 127. The number of fused-ring (bicyclic) bond motifs is 5. The van der Waals surface area contributed by atoms with Crippen LogP contribution in [0.3, 0.4) is 0 Å². The third-order valence-electron chi connectivity index (χ3n) is 15.2. The van der Waals surface area contributed by atoms with E-state index in [4.69, 9.17) is 40.1 Å². The van der Waals surface area contributed by atoms with Gasteiger partial charge in [-0.15, -0.1) is 16.8 Å². The predicted molar refractivity (Wildman–Crippen MR) is 266 cm³/mol. The predicted octanol–water partition coefficient (Wildman–Crippen LogP) is 4.18. The highest BCUT2D eigenvalue weighted by molar-refractivity contribution is 8.00. The Labute approximate surface area is 438 Å². The fourth-order valence-corrected chi connectivity index (χ4v) is 11.7. The first kappa shape index (κ1) is 56.2. The minimum absolute atomic E-state index is 0.00240. The zero-order chi connectivity index (χ0) is 54.0. The van der Waals surface area contributed by atoms with Crippen molar-refractivity contribution in [1.29, 1.82) is 0 Å². The normalized spacial score (nSPS) is 32.2. The molecule has 6 aliphatic rings. The van der Waals surface area contributed by atoms with Crippen LogP contribution in [-0.2, 0) is 68.6 Å². The highest BCUT2D eigenvalue weighted by atomic mass is 35.5. The Bertz CT molecular complexity index is 2470. The average molecular weight is 1070 g/mol. The number of halogens is 1. The number of ether oxygens (including phenoxy) is 5. The number of benzene rings is 1. The van der Waals surface area contributed by atoms with E-state index in [0.29, 0.717) is 48.6 Å². The third kappa shape index (κ3) is 12.2. The molecule has 21 nitrogen and oxygen atoms in total. The molecule has 3 unspecified atom stereocenters. The van der Waals surface area contributed by atoms with Crippen molar-refractivity contribution in [3.63, 3.8) is 0 Å². The number of anilines is 1. The number of rotatable bonds is 13. The molecule has 7 rings (SSSR count). The van der Waals surface area contributed by atoms with Crippen molar-refractivity contribution in [1.82, 2.24) is 20.2 Å². The fraction of sp³-hybridized carbons (Fsp3) is 0.627. The molecule has 0 spiro atoms. The van der Waals surface area contributed by atoms with E-state index in [9.17, 15) is 48.3 Å². The van der Waals surface area contributed by atoms with Crippen LogP contribution in [0.5, 0.6) is 5.75 Å². The van der Waals surface area contributed by atoms with Crippen LogP contribution in [0.15, 0.2) is 35.9 Å². The van der Waals surface area contributed by atoms with Gasteiger partial charge in [-0.2, -0.15) is 0 Å². The van der Waals surface area contributed by atoms with Crippen LogP contribution in [0.2, 0.25) is 5.02 Å². The molecular formula is C51H66ClN5O16S. The number of hydrogen-bond donors (Lipinski definition) is 2. The monoisotopic (exact) mass is 1070 g/mol. The summed E-state index contributed by atoms with van der Waals surface area (Å²) in [7, 11) is 5.84. The first-order valence-corrected chi connectivity index (χ1v) is 26.3. The highest BCUT2D eigenvalue weighted by Gasteiger charge is 2.64. The molecular weight excluding hydrogens is 1010 g/mol.